The zero-order valence-electron chi connectivity index (χ0n) is 81.4. The van der Waals surface area contributed by atoms with Gasteiger partial charge in [0.15, 0.2) is 0 Å². The predicted octanol–water partition coefficient (Wildman–Crippen LogP) is 41.1. The van der Waals surface area contributed by atoms with Crippen LogP contribution in [0, 0.1) is 27.7 Å². The summed E-state index contributed by atoms with van der Waals surface area (Å²) in [4.78, 5) is 11.7. The van der Waals surface area contributed by atoms with Crippen LogP contribution in [0.15, 0.2) is 544 Å². The van der Waals surface area contributed by atoms with Crippen LogP contribution in [0.3, 0.4) is 0 Å². The molecule has 1 N–H and O–H groups in total. The number of rotatable bonds is 21. The van der Waals surface area contributed by atoms with Crippen LogP contribution in [0.25, 0.3) is 132 Å². The standard InChI is InChI=1S/C68H49N3O2.C37H28N2O.C31H22BrNO.CH4/c1-46-61(70(53-24-14-6-15-25-53)55-32-28-50(29-33-55)48-18-8-3-9-19-48)38-42-65-67(46)59-44-57(36-40-63(59)72-65)69(52-22-12-5-13-23-52)58-37-41-64-60(45-58)68-47(2)62(39-43-66(68)73-64)71(54-26-16-7-17-27-54)56-34-30-51(31-35-56)49-20-10-4-11-21-49;1-26-34(22-24-36-37(26)33-25-30(19-23-35(33)40-36)38-29-13-7-3-8-14-29)39(31-15-9-4-10-16-31)32-20-17-28(18-21-32)27-11-5-2-6-12-27;1-21-28(17-19-30-31(21)27-20-24(32)14-18-29(27)34-30)33(25-10-6-3-7-11-25)26-15-12-23(13-16-26)22-8-4-2-5-9-22;/h3-45H,1-2H3;2-25,38H,1H3;2-20H,1H3;1H4. The van der Waals surface area contributed by atoms with Gasteiger partial charge in [-0.15, -0.1) is 0 Å². The molecule has 0 unspecified atom stereocenters. The van der Waals surface area contributed by atoms with E-state index in [1.807, 2.05) is 42.5 Å². The maximum Gasteiger partial charge on any atom is 0.135 e. The van der Waals surface area contributed by atoms with E-state index in [-0.39, 0.29) is 7.43 Å². The first-order valence-electron chi connectivity index (χ1n) is 49.7. The summed E-state index contributed by atoms with van der Waals surface area (Å²) in [6.07, 6.45) is 0. The highest BCUT2D eigenvalue weighted by Crippen LogP contribution is 2.51. The summed E-state index contributed by atoms with van der Waals surface area (Å²) in [5.41, 5.74) is 39.5. The van der Waals surface area contributed by atoms with Crippen molar-refractivity contribution >= 4 is 200 Å². The molecule has 148 heavy (non-hydrogen) atoms. The third-order valence-electron chi connectivity index (χ3n) is 27.9. The van der Waals surface area contributed by atoms with Crippen LogP contribution in [0.1, 0.15) is 29.7 Å². The summed E-state index contributed by atoms with van der Waals surface area (Å²) >= 11 is 3.62. The summed E-state index contributed by atoms with van der Waals surface area (Å²) in [5, 5.41) is 12.3. The maximum atomic E-state index is 6.67. The Balaban J connectivity index is 0.000000135. The predicted molar refractivity (Wildman–Crippen MR) is 627 cm³/mol. The fourth-order valence-electron chi connectivity index (χ4n) is 20.9. The summed E-state index contributed by atoms with van der Waals surface area (Å²) in [6, 6.07) is 183. The third-order valence-corrected chi connectivity index (χ3v) is 28.4. The SMILES string of the molecule is C.Cc1c(N(c2ccccc2)c2ccc(-c3ccccc3)cc2)ccc2oc3ccc(Br)cc3c12.Cc1c(N(c2ccccc2)c2ccc(-c3ccccc3)cc2)ccc2oc3ccc(N(c4ccccc4)c4ccc5oc6ccc(N(c7ccccc7)c7ccc(-c8ccccc8)cc7)c(C)c6c5c4)cc3c12.Cc1c(N(c2ccccc2)c2ccc(-c3ccccc3)cc2)ccc2oc3ccc(Nc4ccccc4)cc3c12. The zero-order valence-corrected chi connectivity index (χ0v) is 83.0. The van der Waals surface area contributed by atoms with Crippen molar-refractivity contribution < 1.29 is 17.7 Å². The van der Waals surface area contributed by atoms with Crippen LogP contribution in [-0.4, -0.2) is 0 Å². The minimum Gasteiger partial charge on any atom is -0.456 e. The molecule has 10 nitrogen and oxygen atoms in total. The van der Waals surface area contributed by atoms with E-state index in [0.29, 0.717) is 0 Å². The van der Waals surface area contributed by atoms with Gasteiger partial charge in [0.1, 0.15) is 44.7 Å². The first kappa shape index (κ1) is 93.0. The minimum atomic E-state index is 0. The molecule has 0 aliphatic rings. The van der Waals surface area contributed by atoms with Gasteiger partial charge in [0.25, 0.3) is 0 Å². The largest absolute Gasteiger partial charge is 0.456 e. The number of hydrogen-bond donors (Lipinski definition) is 1. The lowest BCUT2D eigenvalue weighted by Crippen LogP contribution is -2.11. The molecule has 0 bridgehead atoms. The molecule has 0 aliphatic carbocycles. The van der Waals surface area contributed by atoms with Gasteiger partial charge in [-0.1, -0.05) is 302 Å². The average Bonchev–Trinajstić information content (AvgIpc) is 1.59. The number of aryl methyl sites for hydroxylation is 4. The van der Waals surface area contributed by atoms with Crippen molar-refractivity contribution in [1.82, 2.24) is 0 Å². The van der Waals surface area contributed by atoms with Crippen molar-refractivity contribution in [3.8, 4) is 44.5 Å². The number of fused-ring (bicyclic) bond motifs is 12. The van der Waals surface area contributed by atoms with E-state index in [1.165, 1.54) is 55.6 Å². The highest BCUT2D eigenvalue weighted by atomic mass is 79.9. The van der Waals surface area contributed by atoms with E-state index in [9.17, 15) is 0 Å². The lowest BCUT2D eigenvalue weighted by atomic mass is 10.0. The van der Waals surface area contributed by atoms with Crippen LogP contribution < -0.4 is 29.8 Å². The van der Waals surface area contributed by atoms with E-state index in [2.05, 4.69) is 553 Å². The van der Waals surface area contributed by atoms with Crippen LogP contribution >= 0.6 is 15.9 Å². The topological polar surface area (TPSA) is 80.8 Å². The number of benzene rings is 22. The number of halogens is 1. The maximum absolute atomic E-state index is 6.67. The molecule has 0 radical (unpaired) electrons. The van der Waals surface area contributed by atoms with E-state index < -0.39 is 0 Å². The van der Waals surface area contributed by atoms with Gasteiger partial charge in [0, 0.05) is 144 Å². The quantitative estimate of drug-likeness (QED) is 0.0751. The molecular formula is C137H103BrN6O4. The molecule has 0 amide bonds. The fourth-order valence-corrected chi connectivity index (χ4v) is 21.2. The second kappa shape index (κ2) is 41.0. The normalized spacial score (nSPS) is 11.2. The van der Waals surface area contributed by atoms with Crippen molar-refractivity contribution in [2.45, 2.75) is 35.1 Å². The number of hydrogen-bond acceptors (Lipinski definition) is 10. The van der Waals surface area contributed by atoms with Crippen LogP contribution in [-0.2, 0) is 0 Å². The third kappa shape index (κ3) is 18.3. The fraction of sp³-hybridized carbons (Fsp3) is 0.0365. The van der Waals surface area contributed by atoms with Crippen molar-refractivity contribution in [2.24, 2.45) is 0 Å². The van der Waals surface area contributed by atoms with E-state index in [1.54, 1.807) is 0 Å². The molecule has 11 heteroatoms. The highest BCUT2D eigenvalue weighted by molar-refractivity contribution is 9.10. The molecule has 26 rings (SSSR count). The van der Waals surface area contributed by atoms with E-state index >= 15 is 0 Å². The number of para-hydroxylation sites is 6. The van der Waals surface area contributed by atoms with Crippen LogP contribution in [0.4, 0.5) is 96.7 Å². The molecule has 22 aromatic carbocycles. The molecule has 4 heterocycles. The molecule has 0 aliphatic heterocycles. The van der Waals surface area contributed by atoms with Gasteiger partial charge < -0.3 is 47.5 Å². The molecule has 712 valence electrons. The zero-order chi connectivity index (χ0) is 98.8. The highest BCUT2D eigenvalue weighted by Gasteiger charge is 2.28. The van der Waals surface area contributed by atoms with Crippen molar-refractivity contribution in [1.29, 1.82) is 0 Å². The molecular weight excluding hydrogens is 1870 g/mol. The first-order valence-corrected chi connectivity index (χ1v) is 50.5. The monoisotopic (exact) mass is 1970 g/mol. The van der Waals surface area contributed by atoms with Gasteiger partial charge in [0.2, 0.25) is 0 Å². The van der Waals surface area contributed by atoms with E-state index in [4.69, 9.17) is 17.7 Å². The lowest BCUT2D eigenvalue weighted by Gasteiger charge is -2.28. The average molecular weight is 1980 g/mol. The van der Waals surface area contributed by atoms with Crippen molar-refractivity contribution in [3.05, 3.63) is 548 Å². The molecule has 0 atom stereocenters. The lowest BCUT2D eigenvalue weighted by molar-refractivity contribution is 0.668. The smallest absolute Gasteiger partial charge is 0.135 e. The number of nitrogens with one attached hydrogen (secondary N) is 1. The molecule has 4 aromatic heterocycles. The number of furan rings is 4. The summed E-state index contributed by atoms with van der Waals surface area (Å²) < 4.78 is 26.8. The van der Waals surface area contributed by atoms with Crippen LogP contribution in [0.2, 0.25) is 0 Å². The summed E-state index contributed by atoms with van der Waals surface area (Å²) in [5.74, 6) is 0. The number of anilines is 17. The molecule has 0 saturated heterocycles. The van der Waals surface area contributed by atoms with Crippen molar-refractivity contribution in [3.63, 3.8) is 0 Å². The van der Waals surface area contributed by atoms with Crippen LogP contribution in [0.5, 0.6) is 0 Å². The van der Waals surface area contributed by atoms with E-state index in [0.717, 1.165) is 200 Å². The van der Waals surface area contributed by atoms with Gasteiger partial charge in [-0.05, 0) is 337 Å². The second-order valence-electron chi connectivity index (χ2n) is 36.9. The van der Waals surface area contributed by atoms with Gasteiger partial charge in [-0.2, -0.15) is 0 Å². The Morgan fingerprint density at radius 3 is 0.649 bits per heavy atom. The number of nitrogens with zero attached hydrogens (tertiary/aromatic N) is 5. The molecule has 0 spiro atoms. The Hall–Kier alpha value is -18.7. The van der Waals surface area contributed by atoms with Gasteiger partial charge in [-0.25, -0.2) is 0 Å². The Labute approximate surface area is 869 Å². The molecule has 0 fully saturated rings. The Morgan fingerprint density at radius 1 is 0.169 bits per heavy atom. The van der Waals surface area contributed by atoms with Gasteiger partial charge in [0.05, 0.1) is 0 Å². The minimum absolute atomic E-state index is 0. The molecule has 26 aromatic rings. The van der Waals surface area contributed by atoms with Gasteiger partial charge in [-0.3, -0.25) is 0 Å². The summed E-state index contributed by atoms with van der Waals surface area (Å²) in [6.45, 7) is 8.81. The molecule has 0 saturated carbocycles. The second-order valence-corrected chi connectivity index (χ2v) is 37.9. The summed E-state index contributed by atoms with van der Waals surface area (Å²) in [7, 11) is 0. The first-order chi connectivity index (χ1) is 72.5. The van der Waals surface area contributed by atoms with Gasteiger partial charge >= 0.3 is 0 Å². The van der Waals surface area contributed by atoms with Crippen molar-refractivity contribution in [2.75, 3.05) is 29.8 Å². The Bertz CT molecular complexity index is 8950. The Kier molecular flexibility index (Phi) is 25.7. The Morgan fingerprint density at radius 2 is 0.372 bits per heavy atom.